The molecule has 0 bridgehead atoms. The molecule has 0 aliphatic carbocycles. The molecule has 33 heavy (non-hydrogen) atoms. The molecule has 4 nitrogen and oxygen atoms in total. The maximum Gasteiger partial charge on any atom is 0.0708 e. The van der Waals surface area contributed by atoms with Crippen molar-refractivity contribution in [1.29, 1.82) is 0 Å². The summed E-state index contributed by atoms with van der Waals surface area (Å²) in [5.74, 6) is 0. The number of benzene rings is 2. The van der Waals surface area contributed by atoms with Crippen LogP contribution in [-0.2, 0) is 37.1 Å². The van der Waals surface area contributed by atoms with E-state index in [0.717, 1.165) is 50.0 Å². The van der Waals surface area contributed by atoms with E-state index in [2.05, 4.69) is 96.5 Å². The van der Waals surface area contributed by atoms with Crippen molar-refractivity contribution in [2.45, 2.75) is 73.0 Å². The van der Waals surface area contributed by atoms with Crippen molar-refractivity contribution in [1.82, 2.24) is 14.7 Å². The minimum Gasteiger partial charge on any atom is -0.380 e. The fourth-order valence-corrected chi connectivity index (χ4v) is 5.92. The average molecular weight is 511 g/mol. The van der Waals surface area contributed by atoms with Crippen LogP contribution in [0.5, 0.6) is 0 Å². The van der Waals surface area contributed by atoms with Crippen LogP contribution in [0, 0.1) is 13.8 Å². The van der Waals surface area contributed by atoms with Crippen molar-refractivity contribution in [3.8, 4) is 5.69 Å². The van der Waals surface area contributed by atoms with Crippen molar-refractivity contribution in [3.05, 3.63) is 80.1 Å². The Bertz CT molecular complexity index is 1100. The number of ether oxygens (including phenoxy) is 1. The number of fused-ring (bicyclic) bond motifs is 1. The lowest BCUT2D eigenvalue weighted by atomic mass is 9.93. The fourth-order valence-electron chi connectivity index (χ4n) is 5.24. The summed E-state index contributed by atoms with van der Waals surface area (Å²) in [6.45, 7) is 14.3. The van der Waals surface area contributed by atoms with E-state index in [1.165, 1.54) is 44.9 Å². The summed E-state index contributed by atoms with van der Waals surface area (Å²) in [6.07, 6.45) is 2.93. The molecule has 2 heterocycles. The van der Waals surface area contributed by atoms with Gasteiger partial charge in [-0.1, -0.05) is 54.0 Å². The van der Waals surface area contributed by atoms with Gasteiger partial charge in [0.2, 0.25) is 0 Å². The van der Waals surface area contributed by atoms with Crippen LogP contribution in [0.1, 0.15) is 60.0 Å². The standard InChI is InChI=1S/C28H36BrN3O/c1-6-26-25(27(7-2)32(30-26)28-19(4)13-23(29)14-20(28)5)17-31-16-22-12-10-9-11-21(22)15-24(31)18-33-8-3/h9-14,24H,6-8,15-18H2,1-5H3. The van der Waals surface area contributed by atoms with Gasteiger partial charge in [-0.3, -0.25) is 4.90 Å². The number of nitrogens with zero attached hydrogens (tertiary/aromatic N) is 3. The molecule has 1 aliphatic heterocycles. The highest BCUT2D eigenvalue weighted by molar-refractivity contribution is 9.10. The molecule has 1 atom stereocenters. The molecule has 0 radical (unpaired) electrons. The maximum atomic E-state index is 5.92. The van der Waals surface area contributed by atoms with Crippen LogP contribution in [0.4, 0.5) is 0 Å². The summed E-state index contributed by atoms with van der Waals surface area (Å²) in [5, 5.41) is 5.16. The van der Waals surface area contributed by atoms with Crippen LogP contribution < -0.4 is 0 Å². The van der Waals surface area contributed by atoms with Gasteiger partial charge in [0.05, 0.1) is 18.0 Å². The van der Waals surface area contributed by atoms with E-state index < -0.39 is 0 Å². The van der Waals surface area contributed by atoms with Crippen LogP contribution in [0.3, 0.4) is 0 Å². The van der Waals surface area contributed by atoms with Crippen LogP contribution in [0.2, 0.25) is 0 Å². The maximum absolute atomic E-state index is 5.92. The Balaban J connectivity index is 1.74. The van der Waals surface area contributed by atoms with Gasteiger partial charge in [0.25, 0.3) is 0 Å². The largest absolute Gasteiger partial charge is 0.380 e. The molecule has 1 aromatic heterocycles. The van der Waals surface area contributed by atoms with Gasteiger partial charge in [-0.15, -0.1) is 0 Å². The Kier molecular flexibility index (Phi) is 7.72. The highest BCUT2D eigenvalue weighted by Crippen LogP contribution is 2.31. The number of aryl methyl sites for hydroxylation is 3. The first-order valence-electron chi connectivity index (χ1n) is 12.2. The van der Waals surface area contributed by atoms with Crippen LogP contribution in [-0.4, -0.2) is 33.9 Å². The Hall–Kier alpha value is -1.95. The van der Waals surface area contributed by atoms with E-state index in [4.69, 9.17) is 9.84 Å². The first-order chi connectivity index (χ1) is 16.0. The number of halogens is 1. The number of aromatic nitrogens is 2. The molecule has 4 rings (SSSR count). The molecule has 0 amide bonds. The van der Waals surface area contributed by atoms with Gasteiger partial charge < -0.3 is 4.74 Å². The zero-order valence-corrected chi connectivity index (χ0v) is 22.2. The lowest BCUT2D eigenvalue weighted by Crippen LogP contribution is -2.43. The number of hydrogen-bond donors (Lipinski definition) is 0. The predicted molar refractivity (Wildman–Crippen MR) is 139 cm³/mol. The smallest absolute Gasteiger partial charge is 0.0708 e. The fraction of sp³-hybridized carbons (Fsp3) is 0.464. The molecule has 3 aromatic rings. The van der Waals surface area contributed by atoms with Gasteiger partial charge in [-0.05, 0) is 74.4 Å². The SMILES string of the molecule is CCOCC1Cc2ccccc2CN1Cc1c(CC)nn(-c2c(C)cc(Br)cc2C)c1CC. The zero-order valence-electron chi connectivity index (χ0n) is 20.6. The Labute approximate surface area is 207 Å². The van der Waals surface area contributed by atoms with Crippen molar-refractivity contribution in [3.63, 3.8) is 0 Å². The lowest BCUT2D eigenvalue weighted by molar-refractivity contribution is 0.0511. The summed E-state index contributed by atoms with van der Waals surface area (Å²) in [6, 6.07) is 13.6. The second-order valence-corrected chi connectivity index (χ2v) is 9.99. The first-order valence-corrected chi connectivity index (χ1v) is 13.0. The Morgan fingerprint density at radius 1 is 1.03 bits per heavy atom. The molecule has 0 fully saturated rings. The molecule has 1 unspecified atom stereocenters. The predicted octanol–water partition coefficient (Wildman–Crippen LogP) is 6.34. The first kappa shape index (κ1) is 24.2. The molecule has 176 valence electrons. The summed E-state index contributed by atoms with van der Waals surface area (Å²) < 4.78 is 9.26. The topological polar surface area (TPSA) is 30.3 Å². The van der Waals surface area contributed by atoms with E-state index in [0.29, 0.717) is 6.04 Å². The van der Waals surface area contributed by atoms with Gasteiger partial charge >= 0.3 is 0 Å². The average Bonchev–Trinajstić information content (AvgIpc) is 3.13. The van der Waals surface area contributed by atoms with Crippen LogP contribution in [0.25, 0.3) is 5.69 Å². The summed E-state index contributed by atoms with van der Waals surface area (Å²) in [5.41, 5.74) is 10.5. The molecule has 0 saturated carbocycles. The van der Waals surface area contributed by atoms with Crippen molar-refractivity contribution in [2.24, 2.45) is 0 Å². The number of rotatable bonds is 8. The minimum absolute atomic E-state index is 0.383. The monoisotopic (exact) mass is 509 g/mol. The van der Waals surface area contributed by atoms with Crippen molar-refractivity contribution >= 4 is 15.9 Å². The molecule has 5 heteroatoms. The lowest BCUT2D eigenvalue weighted by Gasteiger charge is -2.37. The minimum atomic E-state index is 0.383. The molecular weight excluding hydrogens is 474 g/mol. The Morgan fingerprint density at radius 2 is 1.73 bits per heavy atom. The van der Waals surface area contributed by atoms with Gasteiger partial charge in [0, 0.05) is 41.5 Å². The Morgan fingerprint density at radius 3 is 2.36 bits per heavy atom. The molecular formula is C28H36BrN3O. The third-order valence-electron chi connectivity index (χ3n) is 6.85. The van der Waals surface area contributed by atoms with Crippen molar-refractivity contribution < 1.29 is 4.74 Å². The molecule has 0 saturated heterocycles. The van der Waals surface area contributed by atoms with E-state index in [1.54, 1.807) is 0 Å². The highest BCUT2D eigenvalue weighted by Gasteiger charge is 2.29. The third-order valence-corrected chi connectivity index (χ3v) is 7.31. The molecule has 0 N–H and O–H groups in total. The van der Waals surface area contributed by atoms with Crippen LogP contribution in [0.15, 0.2) is 40.9 Å². The van der Waals surface area contributed by atoms with Crippen molar-refractivity contribution in [2.75, 3.05) is 13.2 Å². The second kappa shape index (κ2) is 10.5. The van der Waals surface area contributed by atoms with E-state index in [-0.39, 0.29) is 0 Å². The van der Waals surface area contributed by atoms with E-state index in [9.17, 15) is 0 Å². The van der Waals surface area contributed by atoms with Gasteiger partial charge in [0.15, 0.2) is 0 Å². The second-order valence-electron chi connectivity index (χ2n) is 9.07. The third kappa shape index (κ3) is 4.96. The van der Waals surface area contributed by atoms with Gasteiger partial charge in [-0.25, -0.2) is 4.68 Å². The summed E-state index contributed by atoms with van der Waals surface area (Å²) >= 11 is 3.65. The molecule has 1 aliphatic rings. The van der Waals surface area contributed by atoms with Crippen LogP contribution >= 0.6 is 15.9 Å². The number of hydrogen-bond acceptors (Lipinski definition) is 3. The van der Waals surface area contributed by atoms with Gasteiger partial charge in [0.1, 0.15) is 0 Å². The quantitative estimate of drug-likeness (QED) is 0.354. The summed E-state index contributed by atoms with van der Waals surface area (Å²) in [7, 11) is 0. The summed E-state index contributed by atoms with van der Waals surface area (Å²) in [4.78, 5) is 2.61. The molecule has 2 aromatic carbocycles. The van der Waals surface area contributed by atoms with E-state index in [1.807, 2.05) is 0 Å². The zero-order chi connectivity index (χ0) is 23.5. The van der Waals surface area contributed by atoms with Gasteiger partial charge in [-0.2, -0.15) is 5.10 Å². The van der Waals surface area contributed by atoms with E-state index >= 15 is 0 Å². The normalized spacial score (nSPS) is 16.2. The molecule has 0 spiro atoms. The highest BCUT2D eigenvalue weighted by atomic mass is 79.9.